The van der Waals surface area contributed by atoms with Crippen molar-refractivity contribution < 1.29 is 17.9 Å². The molecule has 1 fully saturated rings. The Kier molecular flexibility index (Phi) is 4.32. The summed E-state index contributed by atoms with van der Waals surface area (Å²) >= 11 is 0. The van der Waals surface area contributed by atoms with Gasteiger partial charge >= 0.3 is 5.97 Å². The van der Waals surface area contributed by atoms with Crippen LogP contribution in [0.3, 0.4) is 0 Å². The first kappa shape index (κ1) is 13.4. The molecule has 0 radical (unpaired) electrons. The number of carbonyl (C=O) groups excluding carboxylic acids is 1. The summed E-state index contributed by atoms with van der Waals surface area (Å²) in [6.07, 6.45) is 3.92. The zero-order valence-corrected chi connectivity index (χ0v) is 10.6. The van der Waals surface area contributed by atoms with E-state index in [9.17, 15) is 13.2 Å². The summed E-state index contributed by atoms with van der Waals surface area (Å²) < 4.78 is 30.8. The molecule has 0 spiro atoms. The summed E-state index contributed by atoms with van der Waals surface area (Å²) in [6.45, 7) is 2.86. The molecule has 1 N–H and O–H groups in total. The van der Waals surface area contributed by atoms with Crippen molar-refractivity contribution in [2.45, 2.75) is 51.7 Å². The normalized spacial score (nSPS) is 20.4. The van der Waals surface area contributed by atoms with Gasteiger partial charge in [-0.3, -0.25) is 4.79 Å². The number of nitrogens with one attached hydrogen (secondary N) is 1. The summed E-state index contributed by atoms with van der Waals surface area (Å²) in [5, 5.41) is 0. The third kappa shape index (κ3) is 3.75. The van der Waals surface area contributed by atoms with Crippen LogP contribution < -0.4 is 4.72 Å². The van der Waals surface area contributed by atoms with Crippen LogP contribution in [0.2, 0.25) is 0 Å². The molecule has 94 valence electrons. The average molecular weight is 249 g/mol. The van der Waals surface area contributed by atoms with Gasteiger partial charge in [0.1, 0.15) is 0 Å². The molecular formula is C10H19NO4S. The Labute approximate surface area is 96.6 Å². The lowest BCUT2D eigenvalue weighted by Gasteiger charge is -2.36. The highest BCUT2D eigenvalue weighted by Crippen LogP contribution is 2.30. The summed E-state index contributed by atoms with van der Waals surface area (Å²) in [5.41, 5.74) is -1.00. The van der Waals surface area contributed by atoms with Gasteiger partial charge < -0.3 is 4.74 Å². The van der Waals surface area contributed by atoms with E-state index in [2.05, 4.69) is 4.72 Å². The fourth-order valence-corrected chi connectivity index (χ4v) is 2.94. The van der Waals surface area contributed by atoms with Crippen LogP contribution in [0.4, 0.5) is 0 Å². The molecule has 1 aliphatic rings. The standard InChI is InChI=1S/C10H19NO4S/c1-3-16(13,14)11-10(15-9(2)12)7-5-4-6-8-10/h11H,3-8H2,1-2H3. The van der Waals surface area contributed by atoms with Crippen LogP contribution in [-0.2, 0) is 19.6 Å². The summed E-state index contributed by atoms with van der Waals surface area (Å²) in [4.78, 5) is 11.0. The lowest BCUT2D eigenvalue weighted by molar-refractivity contribution is -0.162. The third-order valence-corrected chi connectivity index (χ3v) is 4.16. The SMILES string of the molecule is CCS(=O)(=O)NC1(OC(C)=O)CCCCC1. The van der Waals surface area contributed by atoms with Crippen molar-refractivity contribution in [3.8, 4) is 0 Å². The highest BCUT2D eigenvalue weighted by Gasteiger charge is 2.38. The van der Waals surface area contributed by atoms with Gasteiger partial charge in [-0.15, -0.1) is 0 Å². The molecular weight excluding hydrogens is 230 g/mol. The molecule has 0 aromatic carbocycles. The van der Waals surface area contributed by atoms with Crippen LogP contribution in [0.15, 0.2) is 0 Å². The predicted octanol–water partition coefficient (Wildman–Crippen LogP) is 1.15. The number of hydrogen-bond acceptors (Lipinski definition) is 4. The predicted molar refractivity (Wildman–Crippen MR) is 60.2 cm³/mol. The first-order chi connectivity index (χ1) is 7.39. The van der Waals surface area contributed by atoms with Crippen molar-refractivity contribution in [3.05, 3.63) is 0 Å². The monoisotopic (exact) mass is 249 g/mol. The Hall–Kier alpha value is -0.620. The van der Waals surface area contributed by atoms with Gasteiger partial charge in [-0.2, -0.15) is 4.72 Å². The number of sulfonamides is 1. The minimum absolute atomic E-state index is 0.00395. The minimum atomic E-state index is -3.35. The number of esters is 1. The smallest absolute Gasteiger partial charge is 0.304 e. The van der Waals surface area contributed by atoms with Gasteiger partial charge in [0.25, 0.3) is 0 Å². The van der Waals surface area contributed by atoms with E-state index < -0.39 is 21.7 Å². The van der Waals surface area contributed by atoms with Crippen LogP contribution in [0, 0.1) is 0 Å². The second-order valence-electron chi connectivity index (χ2n) is 4.15. The highest BCUT2D eigenvalue weighted by atomic mass is 32.2. The molecule has 6 heteroatoms. The summed E-state index contributed by atoms with van der Waals surface area (Å²) in [6, 6.07) is 0. The van der Waals surface area contributed by atoms with Gasteiger partial charge in [0.15, 0.2) is 5.72 Å². The van der Waals surface area contributed by atoms with Crippen molar-refractivity contribution >= 4 is 16.0 Å². The Morgan fingerprint density at radius 1 is 1.31 bits per heavy atom. The molecule has 16 heavy (non-hydrogen) atoms. The number of ether oxygens (including phenoxy) is 1. The Bertz CT molecular complexity index is 344. The molecule has 1 saturated carbocycles. The summed E-state index contributed by atoms with van der Waals surface area (Å²) in [5.74, 6) is -0.448. The van der Waals surface area contributed by atoms with E-state index >= 15 is 0 Å². The average Bonchev–Trinajstić information content (AvgIpc) is 2.16. The van der Waals surface area contributed by atoms with Crippen molar-refractivity contribution in [2.24, 2.45) is 0 Å². The number of rotatable bonds is 4. The fraction of sp³-hybridized carbons (Fsp3) is 0.900. The van der Waals surface area contributed by atoms with Crippen molar-refractivity contribution in [1.82, 2.24) is 4.72 Å². The van der Waals surface area contributed by atoms with Crippen molar-refractivity contribution in [3.63, 3.8) is 0 Å². The lowest BCUT2D eigenvalue weighted by atomic mass is 9.92. The highest BCUT2D eigenvalue weighted by molar-refractivity contribution is 7.89. The van der Waals surface area contributed by atoms with Crippen LogP contribution in [-0.4, -0.2) is 25.9 Å². The topological polar surface area (TPSA) is 72.5 Å². The minimum Gasteiger partial charge on any atom is -0.443 e. The van der Waals surface area contributed by atoms with Gasteiger partial charge in [0, 0.05) is 19.8 Å². The van der Waals surface area contributed by atoms with E-state index in [1.165, 1.54) is 6.92 Å². The molecule has 1 rings (SSSR count). The van der Waals surface area contributed by atoms with Crippen LogP contribution in [0.25, 0.3) is 0 Å². The van der Waals surface area contributed by atoms with Gasteiger partial charge in [-0.1, -0.05) is 6.42 Å². The third-order valence-electron chi connectivity index (χ3n) is 2.72. The van der Waals surface area contributed by atoms with Crippen LogP contribution >= 0.6 is 0 Å². The summed E-state index contributed by atoms with van der Waals surface area (Å²) in [7, 11) is -3.35. The molecule has 0 amide bonds. The molecule has 1 aliphatic carbocycles. The Morgan fingerprint density at radius 2 is 1.88 bits per heavy atom. The zero-order valence-electron chi connectivity index (χ0n) is 9.78. The molecule has 0 bridgehead atoms. The van der Waals surface area contributed by atoms with E-state index in [1.54, 1.807) is 6.92 Å². The van der Waals surface area contributed by atoms with E-state index in [0.717, 1.165) is 19.3 Å². The second-order valence-corrected chi connectivity index (χ2v) is 6.17. The zero-order chi connectivity index (χ0) is 12.2. The van der Waals surface area contributed by atoms with Gasteiger partial charge in [-0.25, -0.2) is 8.42 Å². The van der Waals surface area contributed by atoms with E-state index in [-0.39, 0.29) is 5.75 Å². The largest absolute Gasteiger partial charge is 0.443 e. The lowest BCUT2D eigenvalue weighted by Crippen LogP contribution is -2.52. The molecule has 0 aromatic rings. The van der Waals surface area contributed by atoms with E-state index in [1.807, 2.05) is 0 Å². The maximum absolute atomic E-state index is 11.6. The second kappa shape index (κ2) is 5.14. The van der Waals surface area contributed by atoms with E-state index in [0.29, 0.717) is 12.8 Å². The van der Waals surface area contributed by atoms with Crippen molar-refractivity contribution in [2.75, 3.05) is 5.75 Å². The van der Waals surface area contributed by atoms with Crippen molar-refractivity contribution in [1.29, 1.82) is 0 Å². The quantitative estimate of drug-likeness (QED) is 0.599. The van der Waals surface area contributed by atoms with Crippen LogP contribution in [0.1, 0.15) is 46.0 Å². The number of carbonyl (C=O) groups is 1. The van der Waals surface area contributed by atoms with Gasteiger partial charge in [0.2, 0.25) is 10.0 Å². The molecule has 0 atom stereocenters. The first-order valence-corrected chi connectivity index (χ1v) is 7.25. The number of hydrogen-bond donors (Lipinski definition) is 1. The molecule has 0 aromatic heterocycles. The maximum Gasteiger partial charge on any atom is 0.304 e. The fourth-order valence-electron chi connectivity index (χ4n) is 1.98. The van der Waals surface area contributed by atoms with Crippen LogP contribution in [0.5, 0.6) is 0 Å². The molecule has 0 unspecified atom stereocenters. The molecule has 0 saturated heterocycles. The molecule has 0 aliphatic heterocycles. The van der Waals surface area contributed by atoms with E-state index in [4.69, 9.17) is 4.74 Å². The van der Waals surface area contributed by atoms with Gasteiger partial charge in [0.05, 0.1) is 5.75 Å². The molecule has 0 heterocycles. The van der Waals surface area contributed by atoms with Gasteiger partial charge in [-0.05, 0) is 19.8 Å². The Balaban J connectivity index is 2.82. The molecule has 5 nitrogen and oxygen atoms in total. The first-order valence-electron chi connectivity index (χ1n) is 5.60. The Morgan fingerprint density at radius 3 is 2.31 bits per heavy atom. The maximum atomic E-state index is 11.6.